The Hall–Kier alpha value is -0.900. The molecule has 1 fully saturated rings. The summed E-state index contributed by atoms with van der Waals surface area (Å²) in [5.74, 6) is -0.0210. The Morgan fingerprint density at radius 1 is 1.41 bits per heavy atom. The molecule has 0 amide bonds. The number of carbonyl (C=O) groups is 2. The van der Waals surface area contributed by atoms with E-state index >= 15 is 0 Å². The van der Waals surface area contributed by atoms with E-state index in [2.05, 4.69) is 4.90 Å². The van der Waals surface area contributed by atoms with Gasteiger partial charge in [-0.25, -0.2) is 0 Å². The van der Waals surface area contributed by atoms with E-state index in [0.717, 1.165) is 38.8 Å². The van der Waals surface area contributed by atoms with E-state index in [-0.39, 0.29) is 17.3 Å². The smallest absolute Gasteiger partial charge is 0.309 e. The molecule has 0 N–H and O–H groups in total. The van der Waals surface area contributed by atoms with Crippen molar-refractivity contribution in [2.24, 2.45) is 11.3 Å². The third-order valence-electron chi connectivity index (χ3n) is 3.16. The standard InChI is InChI=1S/C13H23NO3/c1-4-17-12(16)11-5-7-14(8-6-11)9-13(2,3)10-15/h10-11H,4-9H2,1-3H3. The van der Waals surface area contributed by atoms with Crippen molar-refractivity contribution >= 4 is 12.3 Å². The number of hydrogen-bond acceptors (Lipinski definition) is 4. The average Bonchev–Trinajstić information content (AvgIpc) is 2.30. The summed E-state index contributed by atoms with van der Waals surface area (Å²) in [4.78, 5) is 24.7. The zero-order chi connectivity index (χ0) is 12.9. The molecule has 0 aromatic rings. The first-order chi connectivity index (χ1) is 7.98. The molecule has 0 aromatic carbocycles. The number of piperidine rings is 1. The van der Waals surface area contributed by atoms with Crippen LogP contribution in [-0.4, -0.2) is 43.4 Å². The highest BCUT2D eigenvalue weighted by molar-refractivity contribution is 5.72. The molecule has 1 aliphatic rings. The highest BCUT2D eigenvalue weighted by Crippen LogP contribution is 2.22. The number of hydrogen-bond donors (Lipinski definition) is 0. The first-order valence-corrected chi connectivity index (χ1v) is 6.34. The van der Waals surface area contributed by atoms with Gasteiger partial charge in [0.15, 0.2) is 0 Å². The minimum atomic E-state index is -0.295. The van der Waals surface area contributed by atoms with Crippen LogP contribution >= 0.6 is 0 Å². The second-order valence-corrected chi connectivity index (χ2v) is 5.41. The fourth-order valence-corrected chi connectivity index (χ4v) is 2.20. The van der Waals surface area contributed by atoms with Gasteiger partial charge in [-0.2, -0.15) is 0 Å². The zero-order valence-electron chi connectivity index (χ0n) is 11.1. The highest BCUT2D eigenvalue weighted by Gasteiger charge is 2.28. The maximum atomic E-state index is 11.5. The summed E-state index contributed by atoms with van der Waals surface area (Å²) >= 11 is 0. The lowest BCUT2D eigenvalue weighted by Crippen LogP contribution is -2.42. The first-order valence-electron chi connectivity index (χ1n) is 6.34. The molecule has 98 valence electrons. The van der Waals surface area contributed by atoms with E-state index in [1.54, 1.807) is 0 Å². The molecule has 0 spiro atoms. The van der Waals surface area contributed by atoms with E-state index in [4.69, 9.17) is 4.74 Å². The van der Waals surface area contributed by atoms with E-state index in [9.17, 15) is 9.59 Å². The lowest BCUT2D eigenvalue weighted by atomic mass is 9.91. The Morgan fingerprint density at radius 3 is 2.47 bits per heavy atom. The van der Waals surface area contributed by atoms with Crippen molar-refractivity contribution < 1.29 is 14.3 Å². The molecule has 0 radical (unpaired) electrons. The summed E-state index contributed by atoms with van der Waals surface area (Å²) in [5.41, 5.74) is -0.295. The summed E-state index contributed by atoms with van der Waals surface area (Å²) in [6, 6.07) is 0. The van der Waals surface area contributed by atoms with Gasteiger partial charge in [0.05, 0.1) is 12.5 Å². The predicted molar refractivity (Wildman–Crippen MR) is 65.6 cm³/mol. The Bertz CT molecular complexity index is 268. The predicted octanol–water partition coefficient (Wildman–Crippen LogP) is 1.49. The van der Waals surface area contributed by atoms with Crippen LogP contribution < -0.4 is 0 Å². The molecular weight excluding hydrogens is 218 g/mol. The van der Waals surface area contributed by atoms with Crippen LogP contribution in [0.5, 0.6) is 0 Å². The number of ether oxygens (including phenoxy) is 1. The van der Waals surface area contributed by atoms with Crippen molar-refractivity contribution in [3.63, 3.8) is 0 Å². The number of rotatable bonds is 5. The van der Waals surface area contributed by atoms with Crippen LogP contribution in [0.15, 0.2) is 0 Å². The van der Waals surface area contributed by atoms with Crippen molar-refractivity contribution in [3.05, 3.63) is 0 Å². The monoisotopic (exact) mass is 241 g/mol. The van der Waals surface area contributed by atoms with Crippen LogP contribution in [0.4, 0.5) is 0 Å². The molecule has 0 atom stereocenters. The molecule has 17 heavy (non-hydrogen) atoms. The Kier molecular flexibility index (Phi) is 5.12. The van der Waals surface area contributed by atoms with Gasteiger partial charge in [-0.3, -0.25) is 4.79 Å². The second kappa shape index (κ2) is 6.15. The first kappa shape index (κ1) is 14.2. The van der Waals surface area contributed by atoms with Crippen molar-refractivity contribution in [2.45, 2.75) is 33.6 Å². The van der Waals surface area contributed by atoms with E-state index in [1.807, 2.05) is 20.8 Å². The molecule has 1 heterocycles. The largest absolute Gasteiger partial charge is 0.466 e. The van der Waals surface area contributed by atoms with Crippen LogP contribution in [0.2, 0.25) is 0 Å². The number of aldehydes is 1. The molecule has 0 bridgehead atoms. The molecule has 1 aliphatic heterocycles. The molecule has 4 nitrogen and oxygen atoms in total. The topological polar surface area (TPSA) is 46.6 Å². The summed E-state index contributed by atoms with van der Waals surface area (Å²) < 4.78 is 5.03. The van der Waals surface area contributed by atoms with Crippen LogP contribution in [0, 0.1) is 11.3 Å². The van der Waals surface area contributed by atoms with Gasteiger partial charge in [0, 0.05) is 12.0 Å². The number of esters is 1. The summed E-state index contributed by atoms with van der Waals surface area (Å²) in [5, 5.41) is 0. The van der Waals surface area contributed by atoms with Crippen molar-refractivity contribution in [1.29, 1.82) is 0 Å². The lowest BCUT2D eigenvalue weighted by Gasteiger charge is -2.34. The fraction of sp³-hybridized carbons (Fsp3) is 0.846. The van der Waals surface area contributed by atoms with E-state index in [0.29, 0.717) is 6.61 Å². The summed E-state index contributed by atoms with van der Waals surface area (Å²) in [7, 11) is 0. The van der Waals surface area contributed by atoms with E-state index in [1.165, 1.54) is 0 Å². The van der Waals surface area contributed by atoms with Gasteiger partial charge in [0.2, 0.25) is 0 Å². The molecule has 0 aliphatic carbocycles. The minimum Gasteiger partial charge on any atom is -0.466 e. The minimum absolute atomic E-state index is 0.0468. The number of carbonyl (C=O) groups excluding carboxylic acids is 2. The van der Waals surface area contributed by atoms with Crippen LogP contribution in [0.25, 0.3) is 0 Å². The van der Waals surface area contributed by atoms with Gasteiger partial charge in [0.25, 0.3) is 0 Å². The summed E-state index contributed by atoms with van der Waals surface area (Å²) in [6.07, 6.45) is 2.69. The molecule has 0 aromatic heterocycles. The Morgan fingerprint density at radius 2 is 2.00 bits per heavy atom. The third-order valence-corrected chi connectivity index (χ3v) is 3.16. The van der Waals surface area contributed by atoms with Crippen LogP contribution in [0.1, 0.15) is 33.6 Å². The highest BCUT2D eigenvalue weighted by atomic mass is 16.5. The van der Waals surface area contributed by atoms with Crippen molar-refractivity contribution in [3.8, 4) is 0 Å². The van der Waals surface area contributed by atoms with Crippen LogP contribution in [0.3, 0.4) is 0 Å². The zero-order valence-corrected chi connectivity index (χ0v) is 11.1. The van der Waals surface area contributed by atoms with Crippen molar-refractivity contribution in [1.82, 2.24) is 4.90 Å². The van der Waals surface area contributed by atoms with Crippen molar-refractivity contribution in [2.75, 3.05) is 26.2 Å². The van der Waals surface area contributed by atoms with Crippen LogP contribution in [-0.2, 0) is 14.3 Å². The van der Waals surface area contributed by atoms with Gasteiger partial charge >= 0.3 is 5.97 Å². The molecule has 0 saturated carbocycles. The SMILES string of the molecule is CCOC(=O)C1CCN(CC(C)(C)C=O)CC1. The maximum Gasteiger partial charge on any atom is 0.309 e. The molecule has 1 rings (SSSR count). The second-order valence-electron chi connectivity index (χ2n) is 5.41. The lowest BCUT2D eigenvalue weighted by molar-refractivity contribution is -0.149. The van der Waals surface area contributed by atoms with Gasteiger partial charge in [-0.15, -0.1) is 0 Å². The number of likely N-dealkylation sites (tertiary alicyclic amines) is 1. The molecular formula is C13H23NO3. The maximum absolute atomic E-state index is 11.5. The Labute approximate surface area is 103 Å². The van der Waals surface area contributed by atoms with Gasteiger partial charge in [-0.1, -0.05) is 13.8 Å². The van der Waals surface area contributed by atoms with Gasteiger partial charge < -0.3 is 14.4 Å². The molecule has 4 heteroatoms. The summed E-state index contributed by atoms with van der Waals surface area (Å²) in [6.45, 7) is 8.69. The molecule has 1 saturated heterocycles. The van der Waals surface area contributed by atoms with E-state index < -0.39 is 0 Å². The quantitative estimate of drug-likeness (QED) is 0.540. The average molecular weight is 241 g/mol. The normalized spacial score (nSPS) is 19.0. The fourth-order valence-electron chi connectivity index (χ4n) is 2.20. The third kappa shape index (κ3) is 4.46. The number of nitrogens with zero attached hydrogens (tertiary/aromatic N) is 1. The van der Waals surface area contributed by atoms with Gasteiger partial charge in [0.1, 0.15) is 6.29 Å². The Balaban J connectivity index is 2.35. The van der Waals surface area contributed by atoms with Gasteiger partial charge in [-0.05, 0) is 32.9 Å². The molecule has 0 unspecified atom stereocenters.